The first-order chi connectivity index (χ1) is 16.8. The van der Waals surface area contributed by atoms with Gasteiger partial charge in [0, 0.05) is 5.41 Å². The minimum atomic E-state index is -0.172. The highest BCUT2D eigenvalue weighted by Gasteiger charge is 2.20. The van der Waals surface area contributed by atoms with Gasteiger partial charge in [-0.25, -0.2) is 0 Å². The molecule has 4 aromatic rings. The maximum atomic E-state index is 6.02. The first-order valence-electron chi connectivity index (χ1n) is 11.8. The molecule has 4 heteroatoms. The van der Waals surface area contributed by atoms with E-state index in [2.05, 4.69) is 27.7 Å². The third-order valence-electron chi connectivity index (χ3n) is 5.42. The predicted molar refractivity (Wildman–Crippen MR) is 140 cm³/mol. The van der Waals surface area contributed by atoms with Gasteiger partial charge < -0.3 is 18.9 Å². The Labute approximate surface area is 208 Å². The molecule has 0 spiro atoms. The van der Waals surface area contributed by atoms with Gasteiger partial charge >= 0.3 is 0 Å². The molecule has 0 bridgehead atoms. The maximum Gasteiger partial charge on any atom is 0.127 e. The second-order valence-electron chi connectivity index (χ2n) is 9.51. The van der Waals surface area contributed by atoms with E-state index >= 15 is 0 Å². The van der Waals surface area contributed by atoms with Crippen LogP contribution in [0.25, 0.3) is 0 Å². The van der Waals surface area contributed by atoms with Crippen molar-refractivity contribution in [1.29, 1.82) is 0 Å². The smallest absolute Gasteiger partial charge is 0.127 e. The van der Waals surface area contributed by atoms with Crippen molar-refractivity contribution in [3.8, 4) is 34.5 Å². The third kappa shape index (κ3) is 7.54. The average molecular weight is 469 g/mol. The van der Waals surface area contributed by atoms with Crippen LogP contribution in [0, 0.1) is 19.3 Å². The number of hydrogen-bond donors (Lipinski definition) is 0. The number of hydrogen-bond acceptors (Lipinski definition) is 4. The Morgan fingerprint density at radius 1 is 0.429 bits per heavy atom. The minimum Gasteiger partial charge on any atom is -0.493 e. The Bertz CT molecular complexity index is 1100. The summed E-state index contributed by atoms with van der Waals surface area (Å²) in [6.07, 6.45) is 0. The lowest BCUT2D eigenvalue weighted by Gasteiger charge is -2.25. The molecule has 4 nitrogen and oxygen atoms in total. The van der Waals surface area contributed by atoms with Gasteiger partial charge in [0.15, 0.2) is 0 Å². The Balaban J connectivity index is 1.23. The molecule has 35 heavy (non-hydrogen) atoms. The van der Waals surface area contributed by atoms with Crippen molar-refractivity contribution in [1.82, 2.24) is 0 Å². The largest absolute Gasteiger partial charge is 0.493 e. The van der Waals surface area contributed by atoms with Crippen LogP contribution in [0.15, 0.2) is 97.1 Å². The monoisotopic (exact) mass is 468 g/mol. The van der Waals surface area contributed by atoms with E-state index in [-0.39, 0.29) is 5.41 Å². The first-order valence-corrected chi connectivity index (χ1v) is 11.8. The lowest BCUT2D eigenvalue weighted by molar-refractivity contribution is 0.110. The van der Waals surface area contributed by atoms with Crippen molar-refractivity contribution in [2.24, 2.45) is 5.41 Å². The molecule has 0 aromatic heterocycles. The second-order valence-corrected chi connectivity index (χ2v) is 9.51. The first kappa shape index (κ1) is 24.2. The summed E-state index contributed by atoms with van der Waals surface area (Å²) in [4.78, 5) is 0. The van der Waals surface area contributed by atoms with Crippen LogP contribution in [0.4, 0.5) is 0 Å². The summed E-state index contributed by atoms with van der Waals surface area (Å²) in [5.74, 6) is 4.78. The van der Waals surface area contributed by atoms with Crippen LogP contribution in [0.1, 0.15) is 25.0 Å². The summed E-state index contributed by atoms with van der Waals surface area (Å²) in [6, 6.07) is 31.3. The van der Waals surface area contributed by atoms with E-state index < -0.39 is 0 Å². The summed E-state index contributed by atoms with van der Waals surface area (Å²) >= 11 is 0. The van der Waals surface area contributed by atoms with Crippen molar-refractivity contribution >= 4 is 0 Å². The minimum absolute atomic E-state index is 0.172. The van der Waals surface area contributed by atoms with E-state index in [4.69, 9.17) is 18.9 Å². The number of benzene rings is 4. The van der Waals surface area contributed by atoms with Gasteiger partial charge in [0.25, 0.3) is 0 Å². The van der Waals surface area contributed by atoms with Gasteiger partial charge in [-0.2, -0.15) is 0 Å². The zero-order valence-electron chi connectivity index (χ0n) is 20.8. The molecule has 0 aliphatic carbocycles. The highest BCUT2D eigenvalue weighted by Crippen LogP contribution is 2.27. The molecule has 0 aliphatic heterocycles. The van der Waals surface area contributed by atoms with Gasteiger partial charge in [0.1, 0.15) is 34.5 Å². The topological polar surface area (TPSA) is 36.9 Å². The normalized spacial score (nSPS) is 11.1. The molecular formula is C31H32O4. The molecule has 0 saturated carbocycles. The van der Waals surface area contributed by atoms with Crippen LogP contribution in [0.3, 0.4) is 0 Å². The molecule has 0 aliphatic rings. The molecule has 0 radical (unpaired) electrons. The summed E-state index contributed by atoms with van der Waals surface area (Å²) in [6.45, 7) is 9.41. The zero-order valence-corrected chi connectivity index (χ0v) is 20.8. The van der Waals surface area contributed by atoms with Crippen molar-refractivity contribution in [3.05, 3.63) is 108 Å². The standard InChI is InChI=1S/C31H32O4/c1-23-5-9-27(10-6-23)34-29-17-13-25(14-18-29)32-21-31(3,4)22-33-26-15-19-30(20-16-26)35-28-11-7-24(2)8-12-28/h5-20H,21-22H2,1-4H3. The van der Waals surface area contributed by atoms with Gasteiger partial charge in [-0.3, -0.25) is 0 Å². The third-order valence-corrected chi connectivity index (χ3v) is 5.42. The Morgan fingerprint density at radius 3 is 1.00 bits per heavy atom. The van der Waals surface area contributed by atoms with Crippen LogP contribution >= 0.6 is 0 Å². The molecule has 0 unspecified atom stereocenters. The summed E-state index contributed by atoms with van der Waals surface area (Å²) < 4.78 is 23.8. The number of ether oxygens (including phenoxy) is 4. The number of aryl methyl sites for hydroxylation is 2. The summed E-state index contributed by atoms with van der Waals surface area (Å²) in [5.41, 5.74) is 2.24. The zero-order chi connectivity index (χ0) is 24.7. The van der Waals surface area contributed by atoms with E-state index in [0.29, 0.717) is 13.2 Å². The Hall–Kier alpha value is -3.92. The van der Waals surface area contributed by atoms with Crippen LogP contribution < -0.4 is 18.9 Å². The lowest BCUT2D eigenvalue weighted by Crippen LogP contribution is -2.28. The molecule has 0 fully saturated rings. The Morgan fingerprint density at radius 2 is 0.686 bits per heavy atom. The van der Waals surface area contributed by atoms with Gasteiger partial charge in [-0.15, -0.1) is 0 Å². The molecule has 0 N–H and O–H groups in total. The SMILES string of the molecule is Cc1ccc(Oc2ccc(OCC(C)(C)COc3ccc(Oc4ccc(C)cc4)cc3)cc2)cc1. The van der Waals surface area contributed by atoms with Crippen LogP contribution in [-0.2, 0) is 0 Å². The molecule has 180 valence electrons. The van der Waals surface area contributed by atoms with E-state index in [9.17, 15) is 0 Å². The van der Waals surface area contributed by atoms with Crippen LogP contribution in [0.2, 0.25) is 0 Å². The lowest BCUT2D eigenvalue weighted by atomic mass is 9.96. The number of rotatable bonds is 10. The van der Waals surface area contributed by atoms with Crippen molar-refractivity contribution < 1.29 is 18.9 Å². The molecule has 0 heterocycles. The summed E-state index contributed by atoms with van der Waals surface area (Å²) in [5, 5.41) is 0. The molecule has 4 aromatic carbocycles. The molecule has 0 saturated heterocycles. The highest BCUT2D eigenvalue weighted by molar-refractivity contribution is 5.37. The Kier molecular flexibility index (Phi) is 7.61. The molecular weight excluding hydrogens is 436 g/mol. The predicted octanol–water partition coefficient (Wildman–Crippen LogP) is 8.37. The van der Waals surface area contributed by atoms with Crippen LogP contribution in [0.5, 0.6) is 34.5 Å². The molecule has 0 atom stereocenters. The van der Waals surface area contributed by atoms with E-state index in [0.717, 1.165) is 34.5 Å². The average Bonchev–Trinajstić information content (AvgIpc) is 2.86. The van der Waals surface area contributed by atoms with E-state index in [1.807, 2.05) is 97.1 Å². The van der Waals surface area contributed by atoms with Gasteiger partial charge in [0.05, 0.1) is 13.2 Å². The van der Waals surface area contributed by atoms with Crippen LogP contribution in [-0.4, -0.2) is 13.2 Å². The fourth-order valence-corrected chi connectivity index (χ4v) is 3.29. The maximum absolute atomic E-state index is 6.02. The fourth-order valence-electron chi connectivity index (χ4n) is 3.29. The highest BCUT2D eigenvalue weighted by atomic mass is 16.5. The van der Waals surface area contributed by atoms with Gasteiger partial charge in [-0.05, 0) is 86.6 Å². The summed E-state index contributed by atoms with van der Waals surface area (Å²) in [7, 11) is 0. The second kappa shape index (κ2) is 11.0. The fraction of sp³-hybridized carbons (Fsp3) is 0.226. The molecule has 4 rings (SSSR count). The van der Waals surface area contributed by atoms with E-state index in [1.165, 1.54) is 11.1 Å². The van der Waals surface area contributed by atoms with Gasteiger partial charge in [-0.1, -0.05) is 49.2 Å². The van der Waals surface area contributed by atoms with Gasteiger partial charge in [0.2, 0.25) is 0 Å². The van der Waals surface area contributed by atoms with Crippen molar-refractivity contribution in [3.63, 3.8) is 0 Å². The van der Waals surface area contributed by atoms with Crippen molar-refractivity contribution in [2.45, 2.75) is 27.7 Å². The molecule has 0 amide bonds. The van der Waals surface area contributed by atoms with Crippen molar-refractivity contribution in [2.75, 3.05) is 13.2 Å². The quantitative estimate of drug-likeness (QED) is 0.234. The van der Waals surface area contributed by atoms with E-state index in [1.54, 1.807) is 0 Å².